The minimum atomic E-state index is -0.335. The molecule has 0 unspecified atom stereocenters. The standard InChI is InChI=1S/C13H14N2O2S/c14-15-13(16)11-6-12(17-7-11)9-18-8-10-4-2-1-3-5-10/h1-7H,8-9,14H2,(H,15,16). The van der Waals surface area contributed by atoms with E-state index in [1.54, 1.807) is 17.8 Å². The van der Waals surface area contributed by atoms with Crippen LogP contribution in [0.3, 0.4) is 0 Å². The topological polar surface area (TPSA) is 68.3 Å². The van der Waals surface area contributed by atoms with E-state index in [-0.39, 0.29) is 5.91 Å². The predicted octanol–water partition coefficient (Wildman–Crippen LogP) is 2.32. The number of nitrogens with two attached hydrogens (primary N) is 1. The van der Waals surface area contributed by atoms with Crippen LogP contribution in [0.4, 0.5) is 0 Å². The Labute approximate surface area is 110 Å². The summed E-state index contributed by atoms with van der Waals surface area (Å²) in [4.78, 5) is 11.2. The zero-order chi connectivity index (χ0) is 12.8. The van der Waals surface area contributed by atoms with E-state index in [9.17, 15) is 4.79 Å². The molecule has 1 amide bonds. The van der Waals surface area contributed by atoms with Gasteiger partial charge in [-0.1, -0.05) is 30.3 Å². The number of hydrogen-bond acceptors (Lipinski definition) is 4. The van der Waals surface area contributed by atoms with Gasteiger partial charge >= 0.3 is 0 Å². The summed E-state index contributed by atoms with van der Waals surface area (Å²) in [6, 6.07) is 11.9. The molecule has 1 aromatic carbocycles. The van der Waals surface area contributed by atoms with Gasteiger partial charge in [-0.15, -0.1) is 11.8 Å². The molecular formula is C13H14N2O2S. The molecule has 0 aliphatic carbocycles. The second-order valence-corrected chi connectivity index (χ2v) is 4.74. The first-order valence-corrected chi connectivity index (χ1v) is 6.65. The van der Waals surface area contributed by atoms with Crippen LogP contribution in [-0.4, -0.2) is 5.91 Å². The number of carbonyl (C=O) groups excluding carboxylic acids is 1. The predicted molar refractivity (Wildman–Crippen MR) is 71.8 cm³/mol. The summed E-state index contributed by atoms with van der Waals surface area (Å²) >= 11 is 1.74. The van der Waals surface area contributed by atoms with Gasteiger partial charge in [0.15, 0.2) is 0 Å². The van der Waals surface area contributed by atoms with Gasteiger partial charge in [0, 0.05) is 5.75 Å². The summed E-state index contributed by atoms with van der Waals surface area (Å²) in [6.07, 6.45) is 1.42. The van der Waals surface area contributed by atoms with Gasteiger partial charge in [-0.25, -0.2) is 5.84 Å². The number of furan rings is 1. The van der Waals surface area contributed by atoms with Crippen LogP contribution in [0.5, 0.6) is 0 Å². The molecule has 1 aromatic heterocycles. The lowest BCUT2D eigenvalue weighted by Gasteiger charge is -1.99. The molecule has 0 saturated heterocycles. The molecule has 0 aliphatic heterocycles. The number of nitrogens with one attached hydrogen (secondary N) is 1. The molecule has 4 nitrogen and oxygen atoms in total. The number of carbonyl (C=O) groups is 1. The average molecular weight is 262 g/mol. The van der Waals surface area contributed by atoms with Crippen molar-refractivity contribution < 1.29 is 9.21 Å². The first kappa shape index (κ1) is 12.7. The molecule has 5 heteroatoms. The number of thioether (sulfide) groups is 1. The Balaban J connectivity index is 1.84. The largest absolute Gasteiger partial charge is 0.468 e. The maximum absolute atomic E-state index is 11.2. The molecule has 0 fully saturated rings. The maximum Gasteiger partial charge on any atom is 0.268 e. The van der Waals surface area contributed by atoms with Gasteiger partial charge in [-0.3, -0.25) is 10.2 Å². The second-order valence-electron chi connectivity index (χ2n) is 3.75. The molecule has 0 spiro atoms. The van der Waals surface area contributed by atoms with E-state index in [0.29, 0.717) is 5.56 Å². The van der Waals surface area contributed by atoms with E-state index in [4.69, 9.17) is 10.3 Å². The third-order valence-corrected chi connectivity index (χ3v) is 3.43. The lowest BCUT2D eigenvalue weighted by atomic mass is 10.2. The smallest absolute Gasteiger partial charge is 0.268 e. The van der Waals surface area contributed by atoms with Crippen LogP contribution in [0.2, 0.25) is 0 Å². The van der Waals surface area contributed by atoms with Crippen LogP contribution >= 0.6 is 11.8 Å². The number of benzene rings is 1. The summed E-state index contributed by atoms with van der Waals surface area (Å²) in [6.45, 7) is 0. The Hall–Kier alpha value is -1.72. The van der Waals surface area contributed by atoms with E-state index >= 15 is 0 Å². The normalized spacial score (nSPS) is 10.3. The second kappa shape index (κ2) is 6.28. The molecule has 0 radical (unpaired) electrons. The Morgan fingerprint density at radius 1 is 1.28 bits per heavy atom. The summed E-state index contributed by atoms with van der Waals surface area (Å²) in [5.74, 6) is 7.13. The van der Waals surface area contributed by atoms with Crippen molar-refractivity contribution in [2.75, 3.05) is 0 Å². The molecule has 3 N–H and O–H groups in total. The van der Waals surface area contributed by atoms with E-state index in [2.05, 4.69) is 17.6 Å². The van der Waals surface area contributed by atoms with Crippen molar-refractivity contribution in [3.63, 3.8) is 0 Å². The van der Waals surface area contributed by atoms with Crippen LogP contribution in [0, 0.1) is 0 Å². The van der Waals surface area contributed by atoms with Gasteiger partial charge < -0.3 is 4.42 Å². The third kappa shape index (κ3) is 3.38. The Kier molecular flexibility index (Phi) is 4.44. The van der Waals surface area contributed by atoms with Gasteiger partial charge in [0.25, 0.3) is 5.91 Å². The highest BCUT2D eigenvalue weighted by atomic mass is 32.2. The monoisotopic (exact) mass is 262 g/mol. The van der Waals surface area contributed by atoms with Crippen molar-refractivity contribution in [3.05, 3.63) is 59.5 Å². The quantitative estimate of drug-likeness (QED) is 0.493. The summed E-state index contributed by atoms with van der Waals surface area (Å²) in [7, 11) is 0. The van der Waals surface area contributed by atoms with Gasteiger partial charge in [0.05, 0.1) is 11.3 Å². The molecule has 0 atom stereocenters. The Bertz CT molecular complexity index is 511. The fourth-order valence-electron chi connectivity index (χ4n) is 1.50. The molecule has 1 heterocycles. The van der Waals surface area contributed by atoms with E-state index in [1.807, 2.05) is 18.2 Å². The van der Waals surface area contributed by atoms with Crippen LogP contribution in [-0.2, 0) is 11.5 Å². The highest BCUT2D eigenvalue weighted by Gasteiger charge is 2.08. The van der Waals surface area contributed by atoms with E-state index in [1.165, 1.54) is 11.8 Å². The highest BCUT2D eigenvalue weighted by Crippen LogP contribution is 2.19. The SMILES string of the molecule is NNC(=O)c1coc(CSCc2ccccc2)c1. The summed E-state index contributed by atoms with van der Waals surface area (Å²) in [5.41, 5.74) is 3.79. The molecule has 0 aliphatic rings. The van der Waals surface area contributed by atoms with Gasteiger partial charge in [0.2, 0.25) is 0 Å². The van der Waals surface area contributed by atoms with Crippen molar-refractivity contribution in [1.29, 1.82) is 0 Å². The van der Waals surface area contributed by atoms with E-state index in [0.717, 1.165) is 17.3 Å². The van der Waals surface area contributed by atoms with Crippen molar-refractivity contribution in [3.8, 4) is 0 Å². The van der Waals surface area contributed by atoms with Crippen LogP contribution < -0.4 is 11.3 Å². The molecule has 0 saturated carbocycles. The first-order valence-electron chi connectivity index (χ1n) is 5.49. The molecule has 94 valence electrons. The first-order chi connectivity index (χ1) is 8.79. The number of amides is 1. The minimum absolute atomic E-state index is 0.335. The Morgan fingerprint density at radius 3 is 2.78 bits per heavy atom. The maximum atomic E-state index is 11.2. The zero-order valence-corrected chi connectivity index (χ0v) is 10.6. The molecule has 2 aromatic rings. The van der Waals surface area contributed by atoms with Crippen LogP contribution in [0.15, 0.2) is 47.1 Å². The van der Waals surface area contributed by atoms with Crippen molar-refractivity contribution in [2.24, 2.45) is 5.84 Å². The molecule has 2 rings (SSSR count). The summed E-state index contributed by atoms with van der Waals surface area (Å²) < 4.78 is 5.29. The van der Waals surface area contributed by atoms with Crippen molar-refractivity contribution >= 4 is 17.7 Å². The van der Waals surface area contributed by atoms with Gasteiger partial charge in [-0.2, -0.15) is 0 Å². The molecule has 0 bridgehead atoms. The van der Waals surface area contributed by atoms with Crippen molar-refractivity contribution in [1.82, 2.24) is 5.43 Å². The molecular weight excluding hydrogens is 248 g/mol. The minimum Gasteiger partial charge on any atom is -0.468 e. The summed E-state index contributed by atoms with van der Waals surface area (Å²) in [5, 5.41) is 0. The van der Waals surface area contributed by atoms with Gasteiger partial charge in [0.1, 0.15) is 12.0 Å². The lowest BCUT2D eigenvalue weighted by molar-refractivity contribution is 0.0953. The average Bonchev–Trinajstić information content (AvgIpc) is 2.88. The Morgan fingerprint density at radius 2 is 2.06 bits per heavy atom. The number of hydrogen-bond donors (Lipinski definition) is 2. The number of hydrazine groups is 1. The van der Waals surface area contributed by atoms with Gasteiger partial charge in [-0.05, 0) is 11.6 Å². The van der Waals surface area contributed by atoms with Crippen LogP contribution in [0.25, 0.3) is 0 Å². The fourth-order valence-corrected chi connectivity index (χ4v) is 2.39. The zero-order valence-electron chi connectivity index (χ0n) is 9.76. The lowest BCUT2D eigenvalue weighted by Crippen LogP contribution is -2.29. The third-order valence-electron chi connectivity index (χ3n) is 2.40. The highest BCUT2D eigenvalue weighted by molar-refractivity contribution is 7.97. The van der Waals surface area contributed by atoms with E-state index < -0.39 is 0 Å². The van der Waals surface area contributed by atoms with Crippen LogP contribution in [0.1, 0.15) is 21.7 Å². The number of nitrogen functional groups attached to an aromatic ring is 1. The van der Waals surface area contributed by atoms with Crippen molar-refractivity contribution in [2.45, 2.75) is 11.5 Å². The fraction of sp³-hybridized carbons (Fsp3) is 0.154. The number of rotatable bonds is 5. The molecule has 18 heavy (non-hydrogen) atoms.